The molecule has 3 rings (SSSR count). The first-order valence-corrected chi connectivity index (χ1v) is 13.1. The lowest BCUT2D eigenvalue weighted by Crippen LogP contribution is -2.27. The van der Waals surface area contributed by atoms with Gasteiger partial charge in [-0.05, 0) is 68.5 Å². The summed E-state index contributed by atoms with van der Waals surface area (Å²) in [6.07, 6.45) is 3.57. The third kappa shape index (κ3) is 6.12. The number of benzene rings is 2. The number of carboxylic acid groups (broad SMARTS) is 1. The summed E-state index contributed by atoms with van der Waals surface area (Å²) >= 11 is 0. The first-order chi connectivity index (χ1) is 15.5. The van der Waals surface area contributed by atoms with Gasteiger partial charge in [0.25, 0.3) is 10.1 Å². The van der Waals surface area contributed by atoms with Crippen LogP contribution in [0.3, 0.4) is 0 Å². The molecule has 0 bridgehead atoms. The summed E-state index contributed by atoms with van der Waals surface area (Å²) in [6.45, 7) is 7.76. The van der Waals surface area contributed by atoms with E-state index in [1.165, 1.54) is 11.3 Å². The maximum atomic E-state index is 11.0. The van der Waals surface area contributed by atoms with Crippen LogP contribution in [0.2, 0.25) is 0 Å². The van der Waals surface area contributed by atoms with Crippen LogP contribution < -0.4 is 4.74 Å². The molecule has 2 N–H and O–H groups in total. The molecular weight excluding hydrogens is 442 g/mol. The van der Waals surface area contributed by atoms with Crippen molar-refractivity contribution in [3.05, 3.63) is 35.9 Å². The molecule has 0 fully saturated rings. The predicted octanol–water partition coefficient (Wildman–Crippen LogP) is 4.93. The largest absolute Gasteiger partial charge is 0.494 e. The number of carbonyl (C=O) groups is 1. The molecule has 8 heteroatoms. The highest BCUT2D eigenvalue weighted by Crippen LogP contribution is 2.44. The molecule has 2 aromatic rings. The smallest absolute Gasteiger partial charge is 0.303 e. The minimum Gasteiger partial charge on any atom is -0.494 e. The maximum absolute atomic E-state index is 11.0. The Hall–Kier alpha value is -2.45. The lowest BCUT2D eigenvalue weighted by atomic mass is 9.80. The third-order valence-corrected chi connectivity index (χ3v) is 7.34. The summed E-state index contributed by atoms with van der Waals surface area (Å²) < 4.78 is 39.3. The van der Waals surface area contributed by atoms with Gasteiger partial charge in [-0.3, -0.25) is 9.35 Å². The fourth-order valence-electron chi connectivity index (χ4n) is 4.55. The highest BCUT2D eigenvalue weighted by atomic mass is 32.2. The highest BCUT2D eigenvalue weighted by Gasteiger charge is 2.44. The summed E-state index contributed by atoms with van der Waals surface area (Å²) in [5, 5.41) is 11.0. The first kappa shape index (κ1) is 25.2. The Kier molecular flexibility index (Phi) is 7.80. The third-order valence-electron chi connectivity index (χ3n) is 6.53. The maximum Gasteiger partial charge on any atom is 0.303 e. The van der Waals surface area contributed by atoms with Crippen LogP contribution >= 0.6 is 0 Å². The van der Waals surface area contributed by atoms with Gasteiger partial charge in [0, 0.05) is 31.4 Å². The van der Waals surface area contributed by atoms with Crippen molar-refractivity contribution >= 4 is 38.3 Å². The van der Waals surface area contributed by atoms with E-state index in [2.05, 4.69) is 49.6 Å². The van der Waals surface area contributed by atoms with Gasteiger partial charge in [0.05, 0.1) is 17.8 Å². The van der Waals surface area contributed by atoms with Crippen molar-refractivity contribution in [3.8, 4) is 5.75 Å². The molecule has 0 spiro atoms. The molecule has 7 nitrogen and oxygen atoms in total. The first-order valence-electron chi connectivity index (χ1n) is 11.5. The minimum absolute atomic E-state index is 0.187. The van der Waals surface area contributed by atoms with Crippen LogP contribution in [0, 0.1) is 0 Å². The number of hydrogen-bond donors (Lipinski definition) is 2. The molecule has 0 saturated heterocycles. The molecule has 0 radical (unpaired) electrons. The van der Waals surface area contributed by atoms with Gasteiger partial charge in [0.15, 0.2) is 5.71 Å². The molecule has 33 heavy (non-hydrogen) atoms. The number of ether oxygens (including phenoxy) is 1. The summed E-state index contributed by atoms with van der Waals surface area (Å²) in [5.41, 5.74) is 3.39. The van der Waals surface area contributed by atoms with E-state index in [1.807, 2.05) is 6.07 Å². The number of nitrogens with zero attached hydrogens (tertiary/aromatic N) is 1. The second-order valence-electron chi connectivity index (χ2n) is 9.25. The number of fused-ring (bicyclic) bond motifs is 3. The van der Waals surface area contributed by atoms with E-state index in [0.29, 0.717) is 32.4 Å². The van der Waals surface area contributed by atoms with E-state index in [4.69, 9.17) is 14.4 Å². The van der Waals surface area contributed by atoms with Crippen molar-refractivity contribution in [2.45, 2.75) is 64.7 Å². The molecule has 0 saturated carbocycles. The van der Waals surface area contributed by atoms with Crippen LogP contribution in [0.1, 0.15) is 64.9 Å². The van der Waals surface area contributed by atoms with E-state index in [-0.39, 0.29) is 17.6 Å². The second kappa shape index (κ2) is 10.2. The zero-order chi connectivity index (χ0) is 24.2. The molecular formula is C25H34NO6S+. The lowest BCUT2D eigenvalue weighted by Gasteiger charge is -2.18. The van der Waals surface area contributed by atoms with Gasteiger partial charge in [-0.2, -0.15) is 13.0 Å². The standard InChI is InChI=1S/C25H33NO6S/c1-18-25(2,3)24-21-17-20(32-15-7-4-5-9-23(27)28)12-10-19(21)11-13-22(24)26(18)14-6-8-16-33(29,30)31/h10-13,17H,4-9,14-16H2,1-3H3,(H-,27,28,29,30,31)/p+1. The molecule has 1 aliphatic rings. The highest BCUT2D eigenvalue weighted by molar-refractivity contribution is 7.85. The summed E-state index contributed by atoms with van der Waals surface area (Å²) in [7, 11) is -3.93. The Morgan fingerprint density at radius 2 is 1.79 bits per heavy atom. The van der Waals surface area contributed by atoms with Crippen LogP contribution in [0.4, 0.5) is 5.69 Å². The minimum atomic E-state index is -3.93. The van der Waals surface area contributed by atoms with Crippen molar-refractivity contribution in [2.75, 3.05) is 18.9 Å². The second-order valence-corrected chi connectivity index (χ2v) is 10.8. The van der Waals surface area contributed by atoms with Gasteiger partial charge < -0.3 is 9.84 Å². The Morgan fingerprint density at radius 1 is 1.06 bits per heavy atom. The number of carboxylic acids is 1. The van der Waals surface area contributed by atoms with Crippen molar-refractivity contribution in [2.24, 2.45) is 0 Å². The van der Waals surface area contributed by atoms with Gasteiger partial charge in [0.1, 0.15) is 12.3 Å². The summed E-state index contributed by atoms with van der Waals surface area (Å²) in [4.78, 5) is 10.6. The number of aliphatic carboxylic acids is 1. The van der Waals surface area contributed by atoms with Gasteiger partial charge >= 0.3 is 5.97 Å². The topological polar surface area (TPSA) is 104 Å². The van der Waals surface area contributed by atoms with Crippen LogP contribution in [-0.4, -0.2) is 53.2 Å². The average molecular weight is 477 g/mol. The van der Waals surface area contributed by atoms with Crippen LogP contribution in [0.15, 0.2) is 30.3 Å². The quantitative estimate of drug-likeness (QED) is 0.256. The molecule has 180 valence electrons. The fraction of sp³-hybridized carbons (Fsp3) is 0.520. The van der Waals surface area contributed by atoms with E-state index in [9.17, 15) is 13.2 Å². The monoisotopic (exact) mass is 476 g/mol. The van der Waals surface area contributed by atoms with Crippen molar-refractivity contribution in [1.29, 1.82) is 0 Å². The molecule has 2 aromatic carbocycles. The number of rotatable bonds is 12. The van der Waals surface area contributed by atoms with Gasteiger partial charge in [-0.1, -0.05) is 6.07 Å². The average Bonchev–Trinajstić information content (AvgIpc) is 2.93. The summed E-state index contributed by atoms with van der Waals surface area (Å²) in [6, 6.07) is 10.3. The van der Waals surface area contributed by atoms with E-state index >= 15 is 0 Å². The van der Waals surface area contributed by atoms with E-state index in [1.54, 1.807) is 0 Å². The summed E-state index contributed by atoms with van der Waals surface area (Å²) in [5.74, 6) is -0.180. The lowest BCUT2D eigenvalue weighted by molar-refractivity contribution is -0.439. The van der Waals surface area contributed by atoms with Crippen LogP contribution in [0.25, 0.3) is 10.8 Å². The molecule has 0 aromatic heterocycles. The van der Waals surface area contributed by atoms with Crippen LogP contribution in [0.5, 0.6) is 5.75 Å². The van der Waals surface area contributed by atoms with E-state index in [0.717, 1.165) is 35.1 Å². The fourth-order valence-corrected chi connectivity index (χ4v) is 5.11. The van der Waals surface area contributed by atoms with Crippen LogP contribution in [-0.2, 0) is 20.3 Å². The molecule has 0 unspecified atom stereocenters. The van der Waals surface area contributed by atoms with Gasteiger partial charge in [-0.25, -0.2) is 0 Å². The van der Waals surface area contributed by atoms with E-state index < -0.39 is 16.1 Å². The van der Waals surface area contributed by atoms with Gasteiger partial charge in [0.2, 0.25) is 5.69 Å². The Morgan fingerprint density at radius 3 is 2.48 bits per heavy atom. The normalized spacial score (nSPS) is 15.2. The number of hydrogen-bond acceptors (Lipinski definition) is 4. The van der Waals surface area contributed by atoms with Crippen molar-refractivity contribution in [1.82, 2.24) is 0 Å². The predicted molar refractivity (Wildman–Crippen MR) is 130 cm³/mol. The zero-order valence-corrected chi connectivity index (χ0v) is 20.5. The molecule has 0 aliphatic carbocycles. The molecule has 1 aliphatic heterocycles. The molecule has 0 atom stereocenters. The number of unbranched alkanes of at least 4 members (excludes halogenated alkanes) is 3. The van der Waals surface area contributed by atoms with Gasteiger partial charge in [-0.15, -0.1) is 0 Å². The Balaban J connectivity index is 1.77. The van der Waals surface area contributed by atoms with Crippen molar-refractivity contribution < 1.29 is 32.2 Å². The van der Waals surface area contributed by atoms with Crippen molar-refractivity contribution in [3.63, 3.8) is 0 Å². The molecule has 0 amide bonds. The zero-order valence-electron chi connectivity index (χ0n) is 19.6. The Labute approximate surface area is 195 Å². The Bertz CT molecular complexity index is 1170. The SMILES string of the molecule is CC1=[N+](CCCCS(=O)(=O)O)c2ccc3ccc(OCCCCCC(=O)O)cc3c2C1(C)C. The molecule has 1 heterocycles.